The van der Waals surface area contributed by atoms with Crippen LogP contribution < -0.4 is 11.1 Å². The first-order chi connectivity index (χ1) is 7.63. The predicted molar refractivity (Wildman–Crippen MR) is 64.8 cm³/mol. The van der Waals surface area contributed by atoms with E-state index in [9.17, 15) is 4.79 Å². The Labute approximate surface area is 96.8 Å². The Hall–Kier alpha value is -1.29. The number of primary amides is 1. The van der Waals surface area contributed by atoms with E-state index < -0.39 is 0 Å². The monoisotopic (exact) mass is 223 g/mol. The molecule has 1 rings (SSSR count). The summed E-state index contributed by atoms with van der Waals surface area (Å²) in [4.78, 5) is 10.9. The molecule has 0 radical (unpaired) electrons. The fourth-order valence-corrected chi connectivity index (χ4v) is 1.52. The molecule has 0 bridgehead atoms. The van der Waals surface area contributed by atoms with Crippen molar-refractivity contribution < 1.29 is 4.79 Å². The van der Waals surface area contributed by atoms with Gasteiger partial charge < -0.3 is 15.6 Å². The fraction of sp³-hybridized carbons (Fsp3) is 0.583. The van der Waals surface area contributed by atoms with Gasteiger partial charge in [-0.3, -0.25) is 4.79 Å². The van der Waals surface area contributed by atoms with Gasteiger partial charge in [-0.15, -0.1) is 0 Å². The molecule has 0 saturated carbocycles. The van der Waals surface area contributed by atoms with Gasteiger partial charge in [0.2, 0.25) is 5.91 Å². The van der Waals surface area contributed by atoms with Crippen LogP contribution in [-0.2, 0) is 17.9 Å². The maximum atomic E-state index is 10.9. The molecule has 0 saturated heterocycles. The molecule has 1 amide bonds. The summed E-state index contributed by atoms with van der Waals surface area (Å²) in [5.41, 5.74) is 6.47. The van der Waals surface area contributed by atoms with Crippen LogP contribution in [0, 0.1) is 5.92 Å². The number of carbonyl (C=O) groups is 1. The lowest BCUT2D eigenvalue weighted by molar-refractivity contribution is -0.121. The average molecular weight is 223 g/mol. The van der Waals surface area contributed by atoms with Gasteiger partial charge in [-0.2, -0.15) is 0 Å². The molecule has 0 fully saturated rings. The lowest BCUT2D eigenvalue weighted by atomic mass is 10.2. The minimum absolute atomic E-state index is 0.121. The lowest BCUT2D eigenvalue weighted by Gasteiger charge is -2.07. The molecule has 4 heteroatoms. The van der Waals surface area contributed by atoms with Crippen LogP contribution in [0.15, 0.2) is 18.5 Å². The Morgan fingerprint density at radius 3 is 3.00 bits per heavy atom. The second kappa shape index (κ2) is 6.33. The normalized spacial score (nSPS) is 12.6. The molecular weight excluding hydrogens is 202 g/mol. The van der Waals surface area contributed by atoms with Crippen molar-refractivity contribution in [3.63, 3.8) is 0 Å². The van der Waals surface area contributed by atoms with E-state index in [1.807, 2.05) is 17.7 Å². The molecule has 1 atom stereocenters. The van der Waals surface area contributed by atoms with E-state index in [4.69, 9.17) is 5.73 Å². The number of nitrogens with two attached hydrogens (primary N) is 1. The summed E-state index contributed by atoms with van der Waals surface area (Å²) in [6.07, 6.45) is 5.18. The molecule has 4 nitrogen and oxygen atoms in total. The minimum atomic E-state index is -0.251. The maximum absolute atomic E-state index is 10.9. The Morgan fingerprint density at radius 2 is 2.38 bits per heavy atom. The number of nitrogens with zero attached hydrogens (tertiary/aromatic N) is 1. The molecular formula is C12H21N3O. The smallest absolute Gasteiger partial charge is 0.222 e. The third-order valence-corrected chi connectivity index (χ3v) is 2.54. The Kier molecular flexibility index (Phi) is 5.05. The second-order valence-electron chi connectivity index (χ2n) is 4.20. The van der Waals surface area contributed by atoms with Gasteiger partial charge in [0.15, 0.2) is 0 Å². The Balaban J connectivity index is 2.42. The third-order valence-electron chi connectivity index (χ3n) is 2.54. The van der Waals surface area contributed by atoms with E-state index in [1.165, 1.54) is 5.56 Å². The summed E-state index contributed by atoms with van der Waals surface area (Å²) < 4.78 is 2.01. The van der Waals surface area contributed by atoms with Crippen molar-refractivity contribution >= 4 is 5.91 Å². The summed E-state index contributed by atoms with van der Waals surface area (Å²) in [5, 5.41) is 3.34. The second-order valence-corrected chi connectivity index (χ2v) is 4.20. The van der Waals surface area contributed by atoms with Crippen LogP contribution in [0.2, 0.25) is 0 Å². The standard InChI is InChI=1S/C12H21N3O/c1-3-5-14-7-11-4-6-15(9-11)8-10(2)12(13)16/h4,6,9-10,14H,3,5,7-8H2,1-2H3,(H2,13,16). The van der Waals surface area contributed by atoms with Crippen LogP contribution in [0.3, 0.4) is 0 Å². The zero-order chi connectivity index (χ0) is 12.0. The van der Waals surface area contributed by atoms with Crippen molar-refractivity contribution in [1.82, 2.24) is 9.88 Å². The molecule has 90 valence electrons. The van der Waals surface area contributed by atoms with E-state index in [-0.39, 0.29) is 11.8 Å². The van der Waals surface area contributed by atoms with Crippen molar-refractivity contribution in [3.05, 3.63) is 24.0 Å². The number of carbonyl (C=O) groups excluding carboxylic acids is 1. The van der Waals surface area contributed by atoms with E-state index >= 15 is 0 Å². The van der Waals surface area contributed by atoms with Crippen LogP contribution in [0.4, 0.5) is 0 Å². The third kappa shape index (κ3) is 4.06. The first kappa shape index (κ1) is 12.8. The van der Waals surface area contributed by atoms with Gasteiger partial charge >= 0.3 is 0 Å². The van der Waals surface area contributed by atoms with Crippen LogP contribution >= 0.6 is 0 Å². The van der Waals surface area contributed by atoms with Crippen molar-refractivity contribution in [2.75, 3.05) is 6.54 Å². The lowest BCUT2D eigenvalue weighted by Crippen LogP contribution is -2.24. The topological polar surface area (TPSA) is 60.1 Å². The average Bonchev–Trinajstić information content (AvgIpc) is 2.66. The number of hydrogen-bond acceptors (Lipinski definition) is 2. The van der Waals surface area contributed by atoms with Gasteiger partial charge in [0.1, 0.15) is 0 Å². The Bertz CT molecular complexity index is 333. The van der Waals surface area contributed by atoms with E-state index in [0.717, 1.165) is 19.5 Å². The van der Waals surface area contributed by atoms with Crippen molar-refractivity contribution in [2.24, 2.45) is 11.7 Å². The first-order valence-electron chi connectivity index (χ1n) is 5.78. The van der Waals surface area contributed by atoms with E-state index in [1.54, 1.807) is 0 Å². The molecule has 1 unspecified atom stereocenters. The van der Waals surface area contributed by atoms with Gasteiger partial charge in [-0.1, -0.05) is 13.8 Å². The molecule has 0 aliphatic carbocycles. The predicted octanol–water partition coefficient (Wildman–Crippen LogP) is 1.11. The number of nitrogens with one attached hydrogen (secondary N) is 1. The van der Waals surface area contributed by atoms with Crippen molar-refractivity contribution in [2.45, 2.75) is 33.4 Å². The largest absolute Gasteiger partial charge is 0.369 e. The maximum Gasteiger partial charge on any atom is 0.222 e. The molecule has 1 aromatic rings. The highest BCUT2D eigenvalue weighted by molar-refractivity contribution is 5.76. The summed E-state index contributed by atoms with van der Waals surface area (Å²) in [7, 11) is 0. The van der Waals surface area contributed by atoms with Crippen LogP contribution in [0.1, 0.15) is 25.8 Å². The highest BCUT2D eigenvalue weighted by Crippen LogP contribution is 2.05. The molecule has 0 aromatic carbocycles. The highest BCUT2D eigenvalue weighted by Gasteiger charge is 2.08. The molecule has 3 N–H and O–H groups in total. The molecule has 16 heavy (non-hydrogen) atoms. The van der Waals surface area contributed by atoms with Crippen molar-refractivity contribution in [1.29, 1.82) is 0 Å². The fourth-order valence-electron chi connectivity index (χ4n) is 1.52. The summed E-state index contributed by atoms with van der Waals surface area (Å²) in [6.45, 7) is 6.56. The number of hydrogen-bond donors (Lipinski definition) is 2. The van der Waals surface area contributed by atoms with Crippen molar-refractivity contribution in [3.8, 4) is 0 Å². The van der Waals surface area contributed by atoms with Gasteiger partial charge in [-0.25, -0.2) is 0 Å². The quantitative estimate of drug-likeness (QED) is 0.680. The number of rotatable bonds is 7. The molecule has 1 aromatic heterocycles. The van der Waals surface area contributed by atoms with Gasteiger partial charge in [0.25, 0.3) is 0 Å². The first-order valence-corrected chi connectivity index (χ1v) is 5.78. The van der Waals surface area contributed by atoms with Gasteiger partial charge in [-0.05, 0) is 24.6 Å². The number of aromatic nitrogens is 1. The molecule has 0 aliphatic rings. The van der Waals surface area contributed by atoms with Gasteiger partial charge in [0, 0.05) is 25.5 Å². The summed E-state index contributed by atoms with van der Waals surface area (Å²) >= 11 is 0. The van der Waals surface area contributed by atoms with E-state index in [2.05, 4.69) is 24.5 Å². The summed E-state index contributed by atoms with van der Waals surface area (Å²) in [5.74, 6) is -0.372. The molecule has 0 aliphatic heterocycles. The highest BCUT2D eigenvalue weighted by atomic mass is 16.1. The molecule has 1 heterocycles. The SMILES string of the molecule is CCCNCc1ccn(CC(C)C(N)=O)c1. The van der Waals surface area contributed by atoms with Gasteiger partial charge in [0.05, 0.1) is 5.92 Å². The molecule has 0 spiro atoms. The summed E-state index contributed by atoms with van der Waals surface area (Å²) in [6, 6.07) is 2.07. The minimum Gasteiger partial charge on any atom is -0.369 e. The van der Waals surface area contributed by atoms with Crippen LogP contribution in [0.5, 0.6) is 0 Å². The Morgan fingerprint density at radius 1 is 1.62 bits per heavy atom. The number of amides is 1. The zero-order valence-electron chi connectivity index (χ0n) is 10.1. The zero-order valence-corrected chi connectivity index (χ0v) is 10.1. The van der Waals surface area contributed by atoms with Crippen LogP contribution in [-0.4, -0.2) is 17.0 Å². The van der Waals surface area contributed by atoms with Crippen LogP contribution in [0.25, 0.3) is 0 Å². The van der Waals surface area contributed by atoms with E-state index in [0.29, 0.717) is 6.54 Å².